The van der Waals surface area contributed by atoms with Gasteiger partial charge in [0.2, 0.25) is 0 Å². The lowest BCUT2D eigenvalue weighted by molar-refractivity contribution is -0.385. The molecule has 0 radical (unpaired) electrons. The van der Waals surface area contributed by atoms with E-state index in [0.717, 1.165) is 0 Å². The highest BCUT2D eigenvalue weighted by atomic mass is 79.9. The molecule has 0 amide bonds. The van der Waals surface area contributed by atoms with Crippen molar-refractivity contribution in [3.05, 3.63) is 74.0 Å². The molecule has 4 nitrogen and oxygen atoms in total. The maximum atomic E-state index is 13.3. The first-order chi connectivity index (χ1) is 9.47. The molecule has 0 aliphatic heterocycles. The average molecular weight is 340 g/mol. The smallest absolute Gasteiger partial charge is 0.272 e. The molecule has 0 heterocycles. The zero-order chi connectivity index (χ0) is 14.7. The van der Waals surface area contributed by atoms with Crippen LogP contribution in [0.2, 0.25) is 0 Å². The average Bonchev–Trinajstić information content (AvgIpc) is 2.37. The minimum atomic E-state index is -1.01. The normalized spacial score (nSPS) is 12.2. The molecule has 20 heavy (non-hydrogen) atoms. The van der Waals surface area contributed by atoms with Crippen molar-refractivity contribution in [3.63, 3.8) is 0 Å². The lowest BCUT2D eigenvalue weighted by Gasteiger charge is -2.12. The minimum absolute atomic E-state index is 0.0487. The van der Waals surface area contributed by atoms with Crippen molar-refractivity contribution in [1.82, 2.24) is 0 Å². The molecule has 0 aliphatic rings. The predicted octanol–water partition coefficient (Wildman–Crippen LogP) is 3.77. The molecule has 2 aromatic carbocycles. The Hall–Kier alpha value is -1.79. The van der Waals surface area contributed by atoms with E-state index >= 15 is 0 Å². The Bertz CT molecular complexity index is 628. The highest BCUT2D eigenvalue weighted by Crippen LogP contribution is 2.27. The van der Waals surface area contributed by atoms with Gasteiger partial charge in [-0.2, -0.15) is 0 Å². The monoisotopic (exact) mass is 339 g/mol. The summed E-state index contributed by atoms with van der Waals surface area (Å²) in [7, 11) is 0. The van der Waals surface area contributed by atoms with E-state index in [9.17, 15) is 19.6 Å². The van der Waals surface area contributed by atoms with Crippen LogP contribution in [-0.4, -0.2) is 10.0 Å². The number of aliphatic hydroxyl groups is 1. The van der Waals surface area contributed by atoms with Crippen LogP contribution in [0.5, 0.6) is 0 Å². The Labute approximate surface area is 123 Å². The van der Waals surface area contributed by atoms with Gasteiger partial charge in [0.15, 0.2) is 0 Å². The Kier molecular flexibility index (Phi) is 4.46. The largest absolute Gasteiger partial charge is 0.388 e. The van der Waals surface area contributed by atoms with Gasteiger partial charge in [-0.25, -0.2) is 4.39 Å². The van der Waals surface area contributed by atoms with Gasteiger partial charge in [0.05, 0.1) is 11.0 Å². The third-order valence-corrected chi connectivity index (χ3v) is 3.33. The van der Waals surface area contributed by atoms with E-state index < -0.39 is 16.8 Å². The van der Waals surface area contributed by atoms with Gasteiger partial charge in [-0.15, -0.1) is 0 Å². The first-order valence-electron chi connectivity index (χ1n) is 5.83. The molecule has 2 aromatic rings. The highest BCUT2D eigenvalue weighted by Gasteiger charge is 2.17. The third kappa shape index (κ3) is 3.40. The molecule has 2 rings (SSSR count). The summed E-state index contributed by atoms with van der Waals surface area (Å²) in [5.74, 6) is -0.476. The number of nitro groups is 1. The second-order valence-corrected chi connectivity index (χ2v) is 5.22. The van der Waals surface area contributed by atoms with Crippen LogP contribution in [0.3, 0.4) is 0 Å². The SMILES string of the molecule is O=[N+]([O-])c1ccccc1CC(O)c1cc(F)cc(Br)c1. The van der Waals surface area contributed by atoms with Crippen LogP contribution in [0.25, 0.3) is 0 Å². The quantitative estimate of drug-likeness (QED) is 0.681. The number of nitrogens with zero attached hydrogens (tertiary/aromatic N) is 1. The summed E-state index contributed by atoms with van der Waals surface area (Å²) in [5.41, 5.74) is 0.724. The molecule has 0 saturated heterocycles. The summed E-state index contributed by atoms with van der Waals surface area (Å²) >= 11 is 3.15. The van der Waals surface area contributed by atoms with Gasteiger partial charge in [-0.3, -0.25) is 10.1 Å². The molecule has 1 atom stereocenters. The van der Waals surface area contributed by atoms with E-state index in [1.165, 1.54) is 18.2 Å². The lowest BCUT2D eigenvalue weighted by Crippen LogP contribution is -2.05. The molecule has 0 spiro atoms. The van der Waals surface area contributed by atoms with Crippen molar-refractivity contribution in [1.29, 1.82) is 0 Å². The first kappa shape index (κ1) is 14.6. The standard InChI is InChI=1S/C14H11BrFNO3/c15-11-5-10(6-12(16)8-11)14(18)7-9-3-1-2-4-13(9)17(19)20/h1-6,8,14,18H,7H2. The molecule has 0 aromatic heterocycles. The Morgan fingerprint density at radius 2 is 2.00 bits per heavy atom. The molecule has 0 fully saturated rings. The summed E-state index contributed by atoms with van der Waals surface area (Å²) in [6.45, 7) is 0. The molecule has 104 valence electrons. The van der Waals surface area contributed by atoms with Gasteiger partial charge in [0.25, 0.3) is 5.69 Å². The topological polar surface area (TPSA) is 63.4 Å². The predicted molar refractivity (Wildman–Crippen MR) is 75.9 cm³/mol. The number of para-hydroxylation sites is 1. The number of hydrogen-bond donors (Lipinski definition) is 1. The molecular formula is C14H11BrFNO3. The summed E-state index contributed by atoms with van der Waals surface area (Å²) in [5, 5.41) is 21.0. The van der Waals surface area contributed by atoms with Gasteiger partial charge in [-0.1, -0.05) is 34.1 Å². The van der Waals surface area contributed by atoms with Crippen LogP contribution < -0.4 is 0 Å². The molecule has 6 heteroatoms. The van der Waals surface area contributed by atoms with Crippen molar-refractivity contribution in [3.8, 4) is 0 Å². The van der Waals surface area contributed by atoms with Crippen molar-refractivity contribution in [2.45, 2.75) is 12.5 Å². The van der Waals surface area contributed by atoms with E-state index in [4.69, 9.17) is 0 Å². The zero-order valence-electron chi connectivity index (χ0n) is 10.3. The van der Waals surface area contributed by atoms with E-state index in [-0.39, 0.29) is 12.1 Å². The van der Waals surface area contributed by atoms with Crippen LogP contribution in [0.15, 0.2) is 46.9 Å². The van der Waals surface area contributed by atoms with Crippen molar-refractivity contribution in [2.75, 3.05) is 0 Å². The summed E-state index contributed by atoms with van der Waals surface area (Å²) in [4.78, 5) is 10.4. The Morgan fingerprint density at radius 3 is 2.65 bits per heavy atom. The Balaban J connectivity index is 2.28. The van der Waals surface area contributed by atoms with E-state index in [1.54, 1.807) is 24.3 Å². The van der Waals surface area contributed by atoms with E-state index in [0.29, 0.717) is 15.6 Å². The number of halogens is 2. The van der Waals surface area contributed by atoms with Gasteiger partial charge in [0.1, 0.15) is 5.82 Å². The second kappa shape index (κ2) is 6.11. The van der Waals surface area contributed by atoms with Crippen LogP contribution >= 0.6 is 15.9 Å². The number of rotatable bonds is 4. The maximum Gasteiger partial charge on any atom is 0.272 e. The fourth-order valence-electron chi connectivity index (χ4n) is 1.96. The number of nitro benzene ring substituents is 1. The molecule has 0 bridgehead atoms. The fraction of sp³-hybridized carbons (Fsp3) is 0.143. The van der Waals surface area contributed by atoms with Crippen molar-refractivity contribution >= 4 is 21.6 Å². The minimum Gasteiger partial charge on any atom is -0.388 e. The first-order valence-corrected chi connectivity index (χ1v) is 6.63. The van der Waals surface area contributed by atoms with Crippen molar-refractivity contribution < 1.29 is 14.4 Å². The third-order valence-electron chi connectivity index (χ3n) is 2.87. The molecule has 1 N–H and O–H groups in total. The summed E-state index contributed by atoms with van der Waals surface area (Å²) < 4.78 is 13.8. The number of aliphatic hydroxyl groups excluding tert-OH is 1. The summed E-state index contributed by atoms with van der Waals surface area (Å²) in [6.07, 6.45) is -0.962. The maximum absolute atomic E-state index is 13.3. The van der Waals surface area contributed by atoms with Gasteiger partial charge in [0, 0.05) is 22.5 Å². The summed E-state index contributed by atoms with van der Waals surface area (Å²) in [6, 6.07) is 10.3. The zero-order valence-corrected chi connectivity index (χ0v) is 11.9. The van der Waals surface area contributed by atoms with Crippen LogP contribution in [0.1, 0.15) is 17.2 Å². The van der Waals surface area contributed by atoms with Gasteiger partial charge in [-0.05, 0) is 23.8 Å². The lowest BCUT2D eigenvalue weighted by atomic mass is 10.0. The number of benzene rings is 2. The molecular weight excluding hydrogens is 329 g/mol. The van der Waals surface area contributed by atoms with Gasteiger partial charge >= 0.3 is 0 Å². The second-order valence-electron chi connectivity index (χ2n) is 4.31. The van der Waals surface area contributed by atoms with Crippen LogP contribution in [0.4, 0.5) is 10.1 Å². The Morgan fingerprint density at radius 1 is 1.30 bits per heavy atom. The number of hydrogen-bond acceptors (Lipinski definition) is 3. The fourth-order valence-corrected chi connectivity index (χ4v) is 2.44. The van der Waals surface area contributed by atoms with Crippen LogP contribution in [-0.2, 0) is 6.42 Å². The van der Waals surface area contributed by atoms with Crippen LogP contribution in [0, 0.1) is 15.9 Å². The van der Waals surface area contributed by atoms with E-state index in [1.807, 2.05) is 0 Å². The highest BCUT2D eigenvalue weighted by molar-refractivity contribution is 9.10. The van der Waals surface area contributed by atoms with Gasteiger partial charge < -0.3 is 5.11 Å². The van der Waals surface area contributed by atoms with Crippen molar-refractivity contribution in [2.24, 2.45) is 0 Å². The molecule has 1 unspecified atom stereocenters. The molecule has 0 aliphatic carbocycles. The van der Waals surface area contributed by atoms with E-state index in [2.05, 4.69) is 15.9 Å². The molecule has 0 saturated carbocycles.